The molecule has 0 aromatic heterocycles. The van der Waals surface area contributed by atoms with Crippen molar-refractivity contribution in [1.82, 2.24) is 0 Å². The Morgan fingerprint density at radius 1 is 1.04 bits per heavy atom. The predicted octanol–water partition coefficient (Wildman–Crippen LogP) is 3.65. The molecule has 6 heteroatoms. The molecule has 144 valence electrons. The SMILES string of the molecule is CCOc1ccccc1NC(=O)[C@H](C)OC(=O)COc1ccc(C)c(C)c1. The largest absolute Gasteiger partial charge is 0.492 e. The maximum absolute atomic E-state index is 12.3. The highest BCUT2D eigenvalue weighted by atomic mass is 16.6. The monoisotopic (exact) mass is 371 g/mol. The van der Waals surface area contributed by atoms with E-state index < -0.39 is 18.0 Å². The van der Waals surface area contributed by atoms with Crippen LogP contribution in [-0.2, 0) is 14.3 Å². The molecule has 2 rings (SSSR count). The normalized spacial score (nSPS) is 11.4. The molecule has 0 bridgehead atoms. The van der Waals surface area contributed by atoms with E-state index in [4.69, 9.17) is 14.2 Å². The number of anilines is 1. The highest BCUT2D eigenvalue weighted by molar-refractivity contribution is 5.96. The molecular formula is C21H25NO5. The van der Waals surface area contributed by atoms with Crippen molar-refractivity contribution >= 4 is 17.6 Å². The lowest BCUT2D eigenvalue weighted by Crippen LogP contribution is -2.31. The minimum atomic E-state index is -0.962. The molecule has 27 heavy (non-hydrogen) atoms. The van der Waals surface area contributed by atoms with Crippen LogP contribution in [0, 0.1) is 13.8 Å². The van der Waals surface area contributed by atoms with E-state index in [1.807, 2.05) is 39.0 Å². The number of nitrogens with one attached hydrogen (secondary N) is 1. The van der Waals surface area contributed by atoms with Crippen molar-refractivity contribution in [3.63, 3.8) is 0 Å². The van der Waals surface area contributed by atoms with Crippen molar-refractivity contribution in [2.75, 3.05) is 18.5 Å². The van der Waals surface area contributed by atoms with E-state index in [-0.39, 0.29) is 6.61 Å². The van der Waals surface area contributed by atoms with Gasteiger partial charge in [-0.2, -0.15) is 0 Å². The summed E-state index contributed by atoms with van der Waals surface area (Å²) in [6.07, 6.45) is -0.962. The average Bonchev–Trinajstić information content (AvgIpc) is 2.64. The fourth-order valence-electron chi connectivity index (χ4n) is 2.32. The zero-order valence-corrected chi connectivity index (χ0v) is 16.1. The number of carbonyl (C=O) groups excluding carboxylic acids is 2. The molecule has 1 atom stereocenters. The first kappa shape index (κ1) is 20.3. The van der Waals surface area contributed by atoms with Gasteiger partial charge in [0.25, 0.3) is 5.91 Å². The van der Waals surface area contributed by atoms with Gasteiger partial charge in [-0.25, -0.2) is 4.79 Å². The standard InChI is InChI=1S/C21H25NO5/c1-5-25-19-9-7-6-8-18(19)22-21(24)16(4)27-20(23)13-26-17-11-10-14(2)15(3)12-17/h6-12,16H,5,13H2,1-4H3,(H,22,24)/t16-/m0/s1. The molecule has 2 aromatic carbocycles. The molecule has 6 nitrogen and oxygen atoms in total. The fourth-order valence-corrected chi connectivity index (χ4v) is 2.32. The Labute approximate surface area is 159 Å². The van der Waals surface area contributed by atoms with Gasteiger partial charge in [-0.1, -0.05) is 18.2 Å². The molecule has 0 saturated carbocycles. The van der Waals surface area contributed by atoms with Crippen LogP contribution in [0.3, 0.4) is 0 Å². The molecule has 0 spiro atoms. The Balaban J connectivity index is 1.86. The number of ether oxygens (including phenoxy) is 3. The summed E-state index contributed by atoms with van der Waals surface area (Å²) in [7, 11) is 0. The van der Waals surface area contributed by atoms with Crippen molar-refractivity contribution in [2.45, 2.75) is 33.8 Å². The predicted molar refractivity (Wildman–Crippen MR) is 103 cm³/mol. The number of para-hydroxylation sites is 2. The highest BCUT2D eigenvalue weighted by Gasteiger charge is 2.19. The molecule has 0 unspecified atom stereocenters. The van der Waals surface area contributed by atoms with Gasteiger partial charge < -0.3 is 19.5 Å². The molecule has 2 aromatic rings. The first-order valence-corrected chi connectivity index (χ1v) is 8.83. The van der Waals surface area contributed by atoms with Gasteiger partial charge in [0.2, 0.25) is 0 Å². The Morgan fingerprint density at radius 2 is 1.78 bits per heavy atom. The van der Waals surface area contributed by atoms with Crippen molar-refractivity contribution in [1.29, 1.82) is 0 Å². The summed E-state index contributed by atoms with van der Waals surface area (Å²) in [4.78, 5) is 24.2. The third-order valence-electron chi connectivity index (χ3n) is 3.96. The Kier molecular flexibility index (Phi) is 7.23. The first-order valence-electron chi connectivity index (χ1n) is 8.83. The van der Waals surface area contributed by atoms with E-state index in [1.54, 1.807) is 24.3 Å². The van der Waals surface area contributed by atoms with Crippen LogP contribution in [0.5, 0.6) is 11.5 Å². The number of carbonyl (C=O) groups is 2. The van der Waals surface area contributed by atoms with Gasteiger partial charge in [0, 0.05) is 0 Å². The third-order valence-corrected chi connectivity index (χ3v) is 3.96. The van der Waals surface area contributed by atoms with Crippen LogP contribution < -0.4 is 14.8 Å². The van der Waals surface area contributed by atoms with Gasteiger partial charge in [0.1, 0.15) is 11.5 Å². The second-order valence-corrected chi connectivity index (χ2v) is 6.09. The molecule has 0 heterocycles. The number of aryl methyl sites for hydroxylation is 2. The lowest BCUT2D eigenvalue weighted by atomic mass is 10.1. The van der Waals surface area contributed by atoms with E-state index in [2.05, 4.69) is 5.32 Å². The fraction of sp³-hybridized carbons (Fsp3) is 0.333. The second kappa shape index (κ2) is 9.62. The van der Waals surface area contributed by atoms with E-state index in [1.165, 1.54) is 6.92 Å². The van der Waals surface area contributed by atoms with Gasteiger partial charge in [-0.15, -0.1) is 0 Å². The Bertz CT molecular complexity index is 803. The summed E-state index contributed by atoms with van der Waals surface area (Å²) in [5, 5.41) is 2.71. The minimum absolute atomic E-state index is 0.268. The van der Waals surface area contributed by atoms with Crippen LogP contribution in [0.15, 0.2) is 42.5 Å². The minimum Gasteiger partial charge on any atom is -0.492 e. The number of amides is 1. The van der Waals surface area contributed by atoms with Crippen LogP contribution in [0.4, 0.5) is 5.69 Å². The number of hydrogen-bond acceptors (Lipinski definition) is 5. The van der Waals surface area contributed by atoms with Crippen molar-refractivity contribution in [2.24, 2.45) is 0 Å². The Hall–Kier alpha value is -3.02. The van der Waals surface area contributed by atoms with Crippen LogP contribution in [0.2, 0.25) is 0 Å². The van der Waals surface area contributed by atoms with E-state index in [0.717, 1.165) is 11.1 Å². The number of rotatable bonds is 8. The smallest absolute Gasteiger partial charge is 0.344 e. The average molecular weight is 371 g/mol. The topological polar surface area (TPSA) is 73.9 Å². The van der Waals surface area contributed by atoms with Gasteiger partial charge in [-0.3, -0.25) is 4.79 Å². The first-order chi connectivity index (χ1) is 12.9. The summed E-state index contributed by atoms with van der Waals surface area (Å²) in [5.74, 6) is 0.0819. The molecule has 1 N–H and O–H groups in total. The summed E-state index contributed by atoms with van der Waals surface area (Å²) in [5.41, 5.74) is 2.74. The van der Waals surface area contributed by atoms with E-state index >= 15 is 0 Å². The Morgan fingerprint density at radius 3 is 2.48 bits per heavy atom. The lowest BCUT2D eigenvalue weighted by molar-refractivity contribution is -0.155. The van der Waals surface area contributed by atoms with Crippen LogP contribution in [0.1, 0.15) is 25.0 Å². The molecular weight excluding hydrogens is 346 g/mol. The highest BCUT2D eigenvalue weighted by Crippen LogP contribution is 2.24. The third kappa shape index (κ3) is 6.02. The molecule has 0 radical (unpaired) electrons. The summed E-state index contributed by atoms with van der Waals surface area (Å²) < 4.78 is 16.0. The molecule has 1 amide bonds. The quantitative estimate of drug-likeness (QED) is 0.717. The zero-order chi connectivity index (χ0) is 19.8. The van der Waals surface area contributed by atoms with E-state index in [9.17, 15) is 9.59 Å². The molecule has 0 saturated heterocycles. The molecule has 0 aliphatic heterocycles. The van der Waals surface area contributed by atoms with Crippen LogP contribution >= 0.6 is 0 Å². The second-order valence-electron chi connectivity index (χ2n) is 6.09. The van der Waals surface area contributed by atoms with E-state index in [0.29, 0.717) is 23.8 Å². The lowest BCUT2D eigenvalue weighted by Gasteiger charge is -2.16. The maximum Gasteiger partial charge on any atom is 0.344 e. The van der Waals surface area contributed by atoms with Gasteiger partial charge >= 0.3 is 5.97 Å². The number of esters is 1. The molecule has 0 fully saturated rings. The summed E-state index contributed by atoms with van der Waals surface area (Å²) in [6.45, 7) is 7.54. The van der Waals surface area contributed by atoms with Crippen LogP contribution in [-0.4, -0.2) is 31.2 Å². The van der Waals surface area contributed by atoms with Crippen LogP contribution in [0.25, 0.3) is 0 Å². The molecule has 0 aliphatic rings. The summed E-state index contributed by atoms with van der Waals surface area (Å²) >= 11 is 0. The van der Waals surface area contributed by atoms with Crippen molar-refractivity contribution in [3.8, 4) is 11.5 Å². The van der Waals surface area contributed by atoms with Gasteiger partial charge in [0.15, 0.2) is 12.7 Å². The summed E-state index contributed by atoms with van der Waals surface area (Å²) in [6, 6.07) is 12.6. The molecule has 0 aliphatic carbocycles. The van der Waals surface area contributed by atoms with Crippen molar-refractivity contribution < 1.29 is 23.8 Å². The maximum atomic E-state index is 12.3. The van der Waals surface area contributed by atoms with Gasteiger partial charge in [-0.05, 0) is 63.1 Å². The van der Waals surface area contributed by atoms with Crippen molar-refractivity contribution in [3.05, 3.63) is 53.6 Å². The number of hydrogen-bond donors (Lipinski definition) is 1. The number of benzene rings is 2. The van der Waals surface area contributed by atoms with Gasteiger partial charge in [0.05, 0.1) is 12.3 Å². The zero-order valence-electron chi connectivity index (χ0n) is 16.1.